The molecular weight excluding hydrogens is 218 g/mol. The molecule has 0 aromatic carbocycles. The number of ether oxygens (including phenoxy) is 1. The first-order valence-corrected chi connectivity index (χ1v) is 5.73. The van der Waals surface area contributed by atoms with Gasteiger partial charge in [-0.25, -0.2) is 0 Å². The molecule has 94 valence electrons. The van der Waals surface area contributed by atoms with Crippen molar-refractivity contribution in [1.29, 1.82) is 0 Å². The van der Waals surface area contributed by atoms with Crippen molar-refractivity contribution in [1.82, 2.24) is 4.90 Å². The minimum absolute atomic E-state index is 0.0477. The summed E-state index contributed by atoms with van der Waals surface area (Å²) in [5.41, 5.74) is -0.718. The van der Waals surface area contributed by atoms with Crippen LogP contribution in [0.15, 0.2) is 24.3 Å². The predicted octanol–water partition coefficient (Wildman–Crippen LogP) is 1.18. The molecule has 1 unspecified atom stereocenters. The molecule has 0 N–H and O–H groups in total. The summed E-state index contributed by atoms with van der Waals surface area (Å²) in [4.78, 5) is 23.7. The lowest BCUT2D eigenvalue weighted by Gasteiger charge is -2.36. The highest BCUT2D eigenvalue weighted by Gasteiger charge is 2.30. The molecule has 1 rings (SSSR count). The SMILES string of the molecule is CCC(C=O)COC1(N(C)C)C=CC(=O)C=C1. The van der Waals surface area contributed by atoms with Crippen LogP contribution in [0.5, 0.6) is 0 Å². The van der Waals surface area contributed by atoms with E-state index in [1.54, 1.807) is 12.2 Å². The van der Waals surface area contributed by atoms with Crippen LogP contribution in [0.3, 0.4) is 0 Å². The van der Waals surface area contributed by atoms with Crippen LogP contribution in [0, 0.1) is 5.92 Å². The van der Waals surface area contributed by atoms with Gasteiger partial charge in [-0.1, -0.05) is 6.92 Å². The van der Waals surface area contributed by atoms with Crippen LogP contribution in [-0.4, -0.2) is 43.4 Å². The van der Waals surface area contributed by atoms with Gasteiger partial charge in [0.1, 0.15) is 6.29 Å². The van der Waals surface area contributed by atoms with E-state index in [-0.39, 0.29) is 11.7 Å². The molecular formula is C13H19NO3. The van der Waals surface area contributed by atoms with Gasteiger partial charge in [0.2, 0.25) is 0 Å². The predicted molar refractivity (Wildman–Crippen MR) is 65.5 cm³/mol. The average Bonchev–Trinajstić information content (AvgIpc) is 2.32. The highest BCUT2D eigenvalue weighted by molar-refractivity contribution is 6.00. The number of rotatable bonds is 6. The fraction of sp³-hybridized carbons (Fsp3) is 0.538. The summed E-state index contributed by atoms with van der Waals surface area (Å²) in [5, 5.41) is 0. The van der Waals surface area contributed by atoms with E-state index in [9.17, 15) is 9.59 Å². The first-order chi connectivity index (χ1) is 8.04. The molecule has 0 heterocycles. The van der Waals surface area contributed by atoms with E-state index in [0.29, 0.717) is 6.61 Å². The fourth-order valence-corrected chi connectivity index (χ4v) is 1.53. The number of hydrogen-bond donors (Lipinski definition) is 0. The van der Waals surface area contributed by atoms with Crippen molar-refractivity contribution in [3.8, 4) is 0 Å². The lowest BCUT2D eigenvalue weighted by molar-refractivity contribution is -0.120. The Morgan fingerprint density at radius 2 is 2.00 bits per heavy atom. The summed E-state index contributed by atoms with van der Waals surface area (Å²) in [6.45, 7) is 2.29. The molecule has 0 saturated carbocycles. The summed E-state index contributed by atoms with van der Waals surface area (Å²) in [5.74, 6) is -0.153. The monoisotopic (exact) mass is 237 g/mol. The normalized spacial score (nSPS) is 19.6. The van der Waals surface area contributed by atoms with E-state index >= 15 is 0 Å². The van der Waals surface area contributed by atoms with E-state index in [2.05, 4.69) is 0 Å². The van der Waals surface area contributed by atoms with Gasteiger partial charge in [0, 0.05) is 5.92 Å². The second-order valence-electron chi connectivity index (χ2n) is 4.33. The van der Waals surface area contributed by atoms with E-state index in [4.69, 9.17) is 4.74 Å². The average molecular weight is 237 g/mol. The van der Waals surface area contributed by atoms with Crippen molar-refractivity contribution >= 4 is 12.1 Å². The number of hydrogen-bond acceptors (Lipinski definition) is 4. The summed E-state index contributed by atoms with van der Waals surface area (Å²) in [7, 11) is 3.73. The molecule has 0 amide bonds. The second kappa shape index (κ2) is 5.89. The van der Waals surface area contributed by atoms with Crippen LogP contribution in [0.4, 0.5) is 0 Å². The van der Waals surface area contributed by atoms with Crippen molar-refractivity contribution < 1.29 is 14.3 Å². The summed E-state index contributed by atoms with van der Waals surface area (Å²) >= 11 is 0. The van der Waals surface area contributed by atoms with Gasteiger partial charge in [-0.3, -0.25) is 9.69 Å². The molecule has 17 heavy (non-hydrogen) atoms. The van der Waals surface area contributed by atoms with Gasteiger partial charge in [-0.2, -0.15) is 0 Å². The molecule has 0 saturated heterocycles. The Bertz CT molecular complexity index is 329. The third-order valence-electron chi connectivity index (χ3n) is 2.92. The van der Waals surface area contributed by atoms with Gasteiger partial charge in [0.15, 0.2) is 11.5 Å². The highest BCUT2D eigenvalue weighted by atomic mass is 16.5. The van der Waals surface area contributed by atoms with E-state index in [0.717, 1.165) is 12.7 Å². The van der Waals surface area contributed by atoms with Crippen LogP contribution < -0.4 is 0 Å². The maximum Gasteiger partial charge on any atom is 0.178 e. The molecule has 1 aliphatic carbocycles. The molecule has 0 aromatic rings. The van der Waals surface area contributed by atoms with Crippen molar-refractivity contribution in [2.45, 2.75) is 19.1 Å². The summed E-state index contributed by atoms with van der Waals surface area (Å²) in [6, 6.07) is 0. The van der Waals surface area contributed by atoms with Crippen molar-refractivity contribution in [3.63, 3.8) is 0 Å². The van der Waals surface area contributed by atoms with Crippen LogP contribution in [-0.2, 0) is 14.3 Å². The number of carbonyl (C=O) groups is 2. The fourth-order valence-electron chi connectivity index (χ4n) is 1.53. The third-order valence-corrected chi connectivity index (χ3v) is 2.92. The van der Waals surface area contributed by atoms with Gasteiger partial charge in [-0.15, -0.1) is 0 Å². The minimum Gasteiger partial charge on any atom is -0.352 e. The first kappa shape index (κ1) is 13.8. The Morgan fingerprint density at radius 3 is 2.41 bits per heavy atom. The van der Waals surface area contributed by atoms with Gasteiger partial charge in [0.05, 0.1) is 6.61 Å². The Morgan fingerprint density at radius 1 is 1.41 bits per heavy atom. The summed E-state index contributed by atoms with van der Waals surface area (Å²) in [6.07, 6.45) is 8.06. The first-order valence-electron chi connectivity index (χ1n) is 5.73. The summed E-state index contributed by atoms with van der Waals surface area (Å²) < 4.78 is 5.79. The topological polar surface area (TPSA) is 46.6 Å². The molecule has 1 aliphatic rings. The van der Waals surface area contributed by atoms with E-state index < -0.39 is 5.72 Å². The van der Waals surface area contributed by atoms with Crippen molar-refractivity contribution in [2.24, 2.45) is 5.92 Å². The van der Waals surface area contributed by atoms with Gasteiger partial charge in [-0.05, 0) is 44.8 Å². The molecule has 4 heteroatoms. The molecule has 0 aliphatic heterocycles. The zero-order valence-corrected chi connectivity index (χ0v) is 10.6. The smallest absolute Gasteiger partial charge is 0.178 e. The second-order valence-corrected chi connectivity index (χ2v) is 4.33. The minimum atomic E-state index is -0.718. The largest absolute Gasteiger partial charge is 0.352 e. The van der Waals surface area contributed by atoms with Gasteiger partial charge < -0.3 is 9.53 Å². The lowest BCUT2D eigenvalue weighted by Crippen LogP contribution is -2.45. The van der Waals surface area contributed by atoms with E-state index in [1.807, 2.05) is 25.9 Å². The van der Waals surface area contributed by atoms with Gasteiger partial charge in [0.25, 0.3) is 0 Å². The van der Waals surface area contributed by atoms with Crippen LogP contribution >= 0.6 is 0 Å². The van der Waals surface area contributed by atoms with Gasteiger partial charge >= 0.3 is 0 Å². The van der Waals surface area contributed by atoms with Crippen LogP contribution in [0.25, 0.3) is 0 Å². The molecule has 0 aromatic heterocycles. The van der Waals surface area contributed by atoms with Crippen LogP contribution in [0.2, 0.25) is 0 Å². The third kappa shape index (κ3) is 3.35. The quantitative estimate of drug-likeness (QED) is 0.514. The van der Waals surface area contributed by atoms with Crippen LogP contribution in [0.1, 0.15) is 13.3 Å². The zero-order valence-electron chi connectivity index (χ0n) is 10.6. The highest BCUT2D eigenvalue weighted by Crippen LogP contribution is 2.22. The Balaban J connectivity index is 2.74. The number of likely N-dealkylation sites (N-methyl/N-ethyl adjacent to an activating group) is 1. The molecule has 1 atom stereocenters. The Labute approximate surface area is 102 Å². The molecule has 4 nitrogen and oxygen atoms in total. The van der Waals surface area contributed by atoms with Crippen molar-refractivity contribution in [3.05, 3.63) is 24.3 Å². The number of carbonyl (C=O) groups excluding carboxylic acids is 2. The Kier molecular flexibility index (Phi) is 4.78. The number of nitrogens with zero attached hydrogens (tertiary/aromatic N) is 1. The molecule has 0 fully saturated rings. The van der Waals surface area contributed by atoms with Crippen molar-refractivity contribution in [2.75, 3.05) is 20.7 Å². The molecule has 0 radical (unpaired) electrons. The molecule has 0 bridgehead atoms. The maximum absolute atomic E-state index is 11.1. The standard InChI is InChI=1S/C13H19NO3/c1-4-11(9-15)10-17-13(14(2)3)7-5-12(16)6-8-13/h5-9,11H,4,10H2,1-3H3. The number of aldehydes is 1. The molecule has 0 spiro atoms. The van der Waals surface area contributed by atoms with E-state index in [1.165, 1.54) is 12.2 Å². The maximum atomic E-state index is 11.1. The number of ketones is 1. The Hall–Kier alpha value is -1.26. The lowest BCUT2D eigenvalue weighted by atomic mass is 10.0. The zero-order chi connectivity index (χ0) is 12.9. The number of allylic oxidation sites excluding steroid dienone is 2.